The highest BCUT2D eigenvalue weighted by atomic mass is 32.2. The van der Waals surface area contributed by atoms with E-state index in [-0.39, 0.29) is 11.4 Å². The molecule has 2 rings (SSSR count). The van der Waals surface area contributed by atoms with E-state index in [0.29, 0.717) is 0 Å². The Morgan fingerprint density at radius 1 is 1.35 bits per heavy atom. The minimum Gasteiger partial charge on any atom is -0.259 e. The summed E-state index contributed by atoms with van der Waals surface area (Å²) in [5, 5.41) is 17.2. The molecule has 0 aliphatic carbocycles. The molecule has 9 heteroatoms. The van der Waals surface area contributed by atoms with Gasteiger partial charge in [0, 0.05) is 12.4 Å². The van der Waals surface area contributed by atoms with Crippen LogP contribution in [0, 0.1) is 11.3 Å². The lowest BCUT2D eigenvalue weighted by Crippen LogP contribution is -2.19. The maximum absolute atomic E-state index is 11.4. The number of nitriles is 1. The van der Waals surface area contributed by atoms with E-state index in [1.807, 2.05) is 0 Å². The van der Waals surface area contributed by atoms with Crippen LogP contribution in [-0.2, 0) is 10.0 Å². The van der Waals surface area contributed by atoms with Gasteiger partial charge in [0.1, 0.15) is 11.6 Å². The van der Waals surface area contributed by atoms with Gasteiger partial charge in [0.15, 0.2) is 10.8 Å². The van der Waals surface area contributed by atoms with Crippen molar-refractivity contribution in [3.8, 4) is 11.9 Å². The third kappa shape index (κ3) is 1.99. The second-order valence-corrected chi connectivity index (χ2v) is 4.47. The van der Waals surface area contributed by atoms with Gasteiger partial charge >= 0.3 is 0 Å². The van der Waals surface area contributed by atoms with Gasteiger partial charge in [0.2, 0.25) is 0 Å². The number of nitrogens with two attached hydrogens (primary N) is 1. The van der Waals surface area contributed by atoms with Crippen molar-refractivity contribution in [3.63, 3.8) is 0 Å². The smallest absolute Gasteiger partial charge is 0.257 e. The van der Waals surface area contributed by atoms with Crippen LogP contribution in [0.2, 0.25) is 0 Å². The summed E-state index contributed by atoms with van der Waals surface area (Å²) < 4.78 is 23.7. The maximum Gasteiger partial charge on any atom is 0.257 e. The molecule has 86 valence electrons. The van der Waals surface area contributed by atoms with Gasteiger partial charge < -0.3 is 0 Å². The first kappa shape index (κ1) is 11.2. The lowest BCUT2D eigenvalue weighted by Gasteiger charge is -2.03. The van der Waals surface area contributed by atoms with Crippen molar-refractivity contribution in [2.75, 3.05) is 0 Å². The zero-order chi connectivity index (χ0) is 12.5. The Kier molecular flexibility index (Phi) is 2.58. The minimum atomic E-state index is -4.07. The average molecular weight is 250 g/mol. The topological polar surface area (TPSA) is 128 Å². The van der Waals surface area contributed by atoms with Crippen LogP contribution in [0.3, 0.4) is 0 Å². The Labute approximate surface area is 96.4 Å². The van der Waals surface area contributed by atoms with Gasteiger partial charge in [0.25, 0.3) is 10.0 Å². The molecule has 2 aromatic rings. The number of sulfonamides is 1. The number of rotatable bonds is 2. The second-order valence-electron chi connectivity index (χ2n) is 3.00. The van der Waals surface area contributed by atoms with Crippen LogP contribution < -0.4 is 5.14 Å². The molecule has 2 aromatic heterocycles. The molecule has 0 spiro atoms. The van der Waals surface area contributed by atoms with Gasteiger partial charge in [-0.05, 0) is 0 Å². The molecule has 0 aliphatic heterocycles. The molecule has 17 heavy (non-hydrogen) atoms. The number of hydrogen-bond donors (Lipinski definition) is 1. The monoisotopic (exact) mass is 250 g/mol. The highest BCUT2D eigenvalue weighted by Crippen LogP contribution is 2.15. The first-order valence-corrected chi connectivity index (χ1v) is 5.86. The summed E-state index contributed by atoms with van der Waals surface area (Å²) in [6.45, 7) is 0. The Balaban J connectivity index is 2.74. The van der Waals surface area contributed by atoms with Crippen molar-refractivity contribution in [2.45, 2.75) is 5.03 Å². The summed E-state index contributed by atoms with van der Waals surface area (Å²) in [6.07, 6.45) is 5.21. The van der Waals surface area contributed by atoms with Gasteiger partial charge in [0.05, 0.1) is 12.4 Å². The number of nitrogens with zero attached hydrogens (tertiary/aromatic N) is 5. The largest absolute Gasteiger partial charge is 0.259 e. The fraction of sp³-hybridized carbons (Fsp3) is 0. The molecule has 2 heterocycles. The van der Waals surface area contributed by atoms with Crippen LogP contribution in [0.4, 0.5) is 0 Å². The normalized spacial score (nSPS) is 11.1. The standard InChI is InChI=1S/C8H6N6O2S/c9-3-6-4-13-14(8(6)17(10,15)16)7-5-11-1-2-12-7/h1-2,4-5H,(H2,10,15,16). The molecule has 0 radical (unpaired) electrons. The lowest BCUT2D eigenvalue weighted by molar-refractivity contribution is 0.586. The lowest BCUT2D eigenvalue weighted by atomic mass is 10.4. The zero-order valence-electron chi connectivity index (χ0n) is 8.35. The van der Waals surface area contributed by atoms with Crippen LogP contribution in [-0.4, -0.2) is 28.2 Å². The second kappa shape index (κ2) is 3.93. The van der Waals surface area contributed by atoms with Crippen molar-refractivity contribution in [1.82, 2.24) is 19.7 Å². The predicted molar refractivity (Wildman–Crippen MR) is 55.2 cm³/mol. The van der Waals surface area contributed by atoms with Gasteiger partial charge in [-0.15, -0.1) is 0 Å². The van der Waals surface area contributed by atoms with Crippen LogP contribution in [0.1, 0.15) is 5.56 Å². The van der Waals surface area contributed by atoms with E-state index in [4.69, 9.17) is 10.4 Å². The molecular weight excluding hydrogens is 244 g/mol. The Morgan fingerprint density at radius 2 is 2.12 bits per heavy atom. The first-order chi connectivity index (χ1) is 8.04. The molecule has 0 atom stereocenters. The highest BCUT2D eigenvalue weighted by Gasteiger charge is 2.22. The summed E-state index contributed by atoms with van der Waals surface area (Å²) in [5.74, 6) is 0.165. The van der Waals surface area contributed by atoms with Gasteiger partial charge in [-0.1, -0.05) is 0 Å². The molecule has 0 unspecified atom stereocenters. The summed E-state index contributed by atoms with van der Waals surface area (Å²) in [4.78, 5) is 7.66. The molecule has 0 fully saturated rings. The minimum absolute atomic E-state index is 0.141. The van der Waals surface area contributed by atoms with Gasteiger partial charge in [-0.2, -0.15) is 15.0 Å². The SMILES string of the molecule is N#Cc1cnn(-c2cnccn2)c1S(N)(=O)=O. The average Bonchev–Trinajstić information content (AvgIpc) is 2.73. The van der Waals surface area contributed by atoms with Crippen LogP contribution >= 0.6 is 0 Å². The molecule has 0 amide bonds. The van der Waals surface area contributed by atoms with E-state index in [9.17, 15) is 8.42 Å². The summed E-state index contributed by atoms with van der Waals surface area (Å²) >= 11 is 0. The van der Waals surface area contributed by atoms with Crippen molar-refractivity contribution in [3.05, 3.63) is 30.4 Å². The van der Waals surface area contributed by atoms with Gasteiger partial charge in [-0.25, -0.2) is 18.5 Å². The fourth-order valence-electron chi connectivity index (χ4n) is 1.25. The van der Waals surface area contributed by atoms with E-state index in [2.05, 4.69) is 15.1 Å². The third-order valence-electron chi connectivity index (χ3n) is 1.88. The van der Waals surface area contributed by atoms with Crippen LogP contribution in [0.15, 0.2) is 29.8 Å². The Hall–Kier alpha value is -2.31. The fourth-order valence-corrected chi connectivity index (χ4v) is 2.04. The molecule has 0 bridgehead atoms. The Bertz CT molecular complexity index is 685. The first-order valence-electron chi connectivity index (χ1n) is 4.31. The van der Waals surface area contributed by atoms with Crippen molar-refractivity contribution < 1.29 is 8.42 Å². The molecule has 0 aliphatic rings. The molecule has 0 saturated carbocycles. The van der Waals surface area contributed by atoms with Crippen molar-refractivity contribution >= 4 is 10.0 Å². The number of hydrogen-bond acceptors (Lipinski definition) is 6. The highest BCUT2D eigenvalue weighted by molar-refractivity contribution is 7.89. The molecule has 2 N–H and O–H groups in total. The van der Waals surface area contributed by atoms with Crippen molar-refractivity contribution in [2.24, 2.45) is 5.14 Å². The maximum atomic E-state index is 11.4. The quantitative estimate of drug-likeness (QED) is 0.741. The van der Waals surface area contributed by atoms with Crippen LogP contribution in [0.25, 0.3) is 5.82 Å². The third-order valence-corrected chi connectivity index (χ3v) is 2.81. The number of primary sulfonamides is 1. The molecule has 0 saturated heterocycles. The summed E-state index contributed by atoms with van der Waals surface area (Å²) in [5.41, 5.74) is -0.141. The van der Waals surface area contributed by atoms with E-state index in [0.717, 1.165) is 10.9 Å². The van der Waals surface area contributed by atoms with E-state index < -0.39 is 15.0 Å². The summed E-state index contributed by atoms with van der Waals surface area (Å²) in [7, 11) is -4.07. The van der Waals surface area contributed by atoms with E-state index in [1.165, 1.54) is 18.6 Å². The number of aromatic nitrogens is 4. The summed E-state index contributed by atoms with van der Waals surface area (Å²) in [6, 6.07) is 1.70. The van der Waals surface area contributed by atoms with E-state index in [1.54, 1.807) is 6.07 Å². The van der Waals surface area contributed by atoms with Crippen molar-refractivity contribution in [1.29, 1.82) is 5.26 Å². The molecule has 8 nitrogen and oxygen atoms in total. The predicted octanol–water partition coefficient (Wildman–Crippen LogP) is -0.819. The van der Waals surface area contributed by atoms with Crippen LogP contribution in [0.5, 0.6) is 0 Å². The zero-order valence-corrected chi connectivity index (χ0v) is 9.16. The van der Waals surface area contributed by atoms with Gasteiger partial charge in [-0.3, -0.25) is 4.98 Å². The molecule has 0 aromatic carbocycles. The molecular formula is C8H6N6O2S. The van der Waals surface area contributed by atoms with E-state index >= 15 is 0 Å². The Morgan fingerprint density at radius 3 is 2.65 bits per heavy atom.